The summed E-state index contributed by atoms with van der Waals surface area (Å²) in [7, 11) is 0. The largest absolute Gasteiger partial charge is 0.480 e. The van der Waals surface area contributed by atoms with Gasteiger partial charge in [0.25, 0.3) is 0 Å². The lowest BCUT2D eigenvalue weighted by Crippen LogP contribution is -2.41. The summed E-state index contributed by atoms with van der Waals surface area (Å²) < 4.78 is 10.3. The molecule has 0 amide bonds. The number of aromatic nitrogens is 1. The molecule has 0 unspecified atom stereocenters. The van der Waals surface area contributed by atoms with Crippen molar-refractivity contribution in [2.45, 2.75) is 25.2 Å². The van der Waals surface area contributed by atoms with Crippen LogP contribution in [0.4, 0.5) is 0 Å². The second kappa shape index (κ2) is 3.66. The number of rotatable bonds is 2. The molecule has 0 spiro atoms. The van der Waals surface area contributed by atoms with E-state index < -0.39 is 11.4 Å². The Morgan fingerprint density at radius 1 is 1.53 bits per heavy atom. The molecule has 1 aliphatic rings. The minimum atomic E-state index is -0.946. The van der Waals surface area contributed by atoms with Gasteiger partial charge in [0.15, 0.2) is 5.76 Å². The Morgan fingerprint density at radius 2 is 2.20 bits per heavy atom. The number of hydrogen-bond acceptors (Lipinski definition) is 4. The first-order valence-electron chi connectivity index (χ1n) is 4.90. The zero-order chi connectivity index (χ0) is 10.9. The molecule has 2 rings (SSSR count). The van der Waals surface area contributed by atoms with Crippen molar-refractivity contribution in [1.82, 2.24) is 5.16 Å². The smallest absolute Gasteiger partial charge is 0.317 e. The van der Waals surface area contributed by atoms with E-state index in [1.807, 2.05) is 6.92 Å². The van der Waals surface area contributed by atoms with Gasteiger partial charge in [-0.2, -0.15) is 0 Å². The Morgan fingerprint density at radius 3 is 2.67 bits per heavy atom. The highest BCUT2D eigenvalue weighted by Crippen LogP contribution is 2.36. The van der Waals surface area contributed by atoms with Crippen molar-refractivity contribution >= 4 is 5.97 Å². The molecule has 5 heteroatoms. The number of aliphatic carboxylic acids is 1. The van der Waals surface area contributed by atoms with Gasteiger partial charge in [0, 0.05) is 18.8 Å². The minimum absolute atomic E-state index is 0.443. The molecule has 0 bridgehead atoms. The van der Waals surface area contributed by atoms with Crippen LogP contribution in [-0.2, 0) is 14.9 Å². The highest BCUT2D eigenvalue weighted by Gasteiger charge is 2.46. The van der Waals surface area contributed by atoms with Gasteiger partial charge in [0.05, 0.1) is 6.20 Å². The summed E-state index contributed by atoms with van der Waals surface area (Å²) in [5, 5.41) is 13.0. The zero-order valence-electron chi connectivity index (χ0n) is 8.52. The van der Waals surface area contributed by atoms with Gasteiger partial charge in [-0.25, -0.2) is 0 Å². The van der Waals surface area contributed by atoms with Gasteiger partial charge in [-0.05, 0) is 19.8 Å². The first kappa shape index (κ1) is 10.2. The average molecular weight is 211 g/mol. The molecule has 1 fully saturated rings. The monoisotopic (exact) mass is 211 g/mol. The van der Waals surface area contributed by atoms with Crippen LogP contribution in [0.1, 0.15) is 24.2 Å². The van der Waals surface area contributed by atoms with E-state index >= 15 is 0 Å². The maximum absolute atomic E-state index is 11.4. The van der Waals surface area contributed by atoms with Crippen LogP contribution < -0.4 is 0 Å². The van der Waals surface area contributed by atoms with Gasteiger partial charge < -0.3 is 14.4 Å². The quantitative estimate of drug-likeness (QED) is 0.793. The van der Waals surface area contributed by atoms with Crippen LogP contribution in [-0.4, -0.2) is 29.4 Å². The molecule has 1 aromatic heterocycles. The molecule has 82 valence electrons. The molecule has 0 radical (unpaired) electrons. The lowest BCUT2D eigenvalue weighted by molar-refractivity contribution is -0.149. The number of carbonyl (C=O) groups is 1. The second-order valence-electron chi connectivity index (χ2n) is 3.84. The van der Waals surface area contributed by atoms with Crippen molar-refractivity contribution in [3.8, 4) is 0 Å². The molecular weight excluding hydrogens is 198 g/mol. The summed E-state index contributed by atoms with van der Waals surface area (Å²) in [6.07, 6.45) is 2.44. The molecule has 1 N–H and O–H groups in total. The highest BCUT2D eigenvalue weighted by molar-refractivity contribution is 5.81. The standard InChI is InChI=1S/C10H13NO4/c1-7-6-11-15-8(7)10(9(12)13)2-4-14-5-3-10/h6H,2-5H2,1H3,(H,12,13). The third-order valence-electron chi connectivity index (χ3n) is 2.94. The maximum atomic E-state index is 11.4. The third kappa shape index (κ3) is 1.52. The summed E-state index contributed by atoms with van der Waals surface area (Å²) in [6.45, 7) is 2.71. The number of nitrogens with zero attached hydrogens (tertiary/aromatic N) is 1. The van der Waals surface area contributed by atoms with Gasteiger partial charge >= 0.3 is 5.97 Å². The third-order valence-corrected chi connectivity index (χ3v) is 2.94. The summed E-state index contributed by atoms with van der Waals surface area (Å²) in [4.78, 5) is 11.4. The predicted molar refractivity (Wildman–Crippen MR) is 50.6 cm³/mol. The number of carboxylic acid groups (broad SMARTS) is 1. The number of carboxylic acids is 1. The average Bonchev–Trinajstić information content (AvgIpc) is 2.66. The Bertz CT molecular complexity index is 365. The molecule has 1 saturated heterocycles. The van der Waals surface area contributed by atoms with Crippen LogP contribution in [0.2, 0.25) is 0 Å². The SMILES string of the molecule is Cc1cnoc1C1(C(=O)O)CCOCC1. The molecule has 1 aromatic rings. The minimum Gasteiger partial charge on any atom is -0.480 e. The number of hydrogen-bond donors (Lipinski definition) is 1. The Labute approximate surface area is 87.0 Å². The number of ether oxygens (including phenoxy) is 1. The van der Waals surface area contributed by atoms with Crippen molar-refractivity contribution in [2.75, 3.05) is 13.2 Å². The summed E-state index contributed by atoms with van der Waals surface area (Å²) in [5.41, 5.74) is -0.155. The van der Waals surface area contributed by atoms with Crippen LogP contribution in [0.3, 0.4) is 0 Å². The van der Waals surface area contributed by atoms with E-state index in [0.717, 1.165) is 5.56 Å². The number of aryl methyl sites for hydroxylation is 1. The topological polar surface area (TPSA) is 72.6 Å². The second-order valence-corrected chi connectivity index (χ2v) is 3.84. The van der Waals surface area contributed by atoms with Crippen LogP contribution in [0, 0.1) is 6.92 Å². The summed E-state index contributed by atoms with van der Waals surface area (Å²) in [5.74, 6) is -0.385. The summed E-state index contributed by atoms with van der Waals surface area (Å²) in [6, 6.07) is 0. The van der Waals surface area contributed by atoms with Crippen LogP contribution in [0.25, 0.3) is 0 Å². The van der Waals surface area contributed by atoms with Crippen LogP contribution in [0.15, 0.2) is 10.7 Å². The van der Waals surface area contributed by atoms with E-state index in [2.05, 4.69) is 5.16 Å². The fourth-order valence-corrected chi connectivity index (χ4v) is 2.01. The Hall–Kier alpha value is -1.36. The molecule has 0 atom stereocenters. The molecule has 5 nitrogen and oxygen atoms in total. The van der Waals surface area contributed by atoms with E-state index in [1.54, 1.807) is 6.20 Å². The van der Waals surface area contributed by atoms with Crippen molar-refractivity contribution in [3.05, 3.63) is 17.5 Å². The first-order valence-corrected chi connectivity index (χ1v) is 4.90. The van der Waals surface area contributed by atoms with E-state index in [0.29, 0.717) is 31.8 Å². The zero-order valence-corrected chi connectivity index (χ0v) is 8.52. The van der Waals surface area contributed by atoms with Gasteiger partial charge in [-0.15, -0.1) is 0 Å². The predicted octanol–water partition coefficient (Wildman–Crippen LogP) is 1.12. The Balaban J connectivity index is 2.42. The van der Waals surface area contributed by atoms with Crippen molar-refractivity contribution in [1.29, 1.82) is 0 Å². The van der Waals surface area contributed by atoms with E-state index in [1.165, 1.54) is 0 Å². The van der Waals surface area contributed by atoms with Crippen LogP contribution >= 0.6 is 0 Å². The van der Waals surface area contributed by atoms with Crippen LogP contribution in [0.5, 0.6) is 0 Å². The normalized spacial score (nSPS) is 20.1. The molecular formula is C10H13NO4. The van der Waals surface area contributed by atoms with Gasteiger partial charge in [0.2, 0.25) is 0 Å². The Kier molecular flexibility index (Phi) is 2.48. The van der Waals surface area contributed by atoms with Crippen molar-refractivity contribution in [2.24, 2.45) is 0 Å². The van der Waals surface area contributed by atoms with Crippen molar-refractivity contribution in [3.63, 3.8) is 0 Å². The molecule has 1 aliphatic heterocycles. The highest BCUT2D eigenvalue weighted by atomic mass is 16.5. The lowest BCUT2D eigenvalue weighted by Gasteiger charge is -2.31. The summed E-state index contributed by atoms with van der Waals surface area (Å²) >= 11 is 0. The van der Waals surface area contributed by atoms with Gasteiger partial charge in [0.1, 0.15) is 5.41 Å². The fourth-order valence-electron chi connectivity index (χ4n) is 2.01. The van der Waals surface area contributed by atoms with E-state index in [-0.39, 0.29) is 0 Å². The van der Waals surface area contributed by atoms with Gasteiger partial charge in [-0.3, -0.25) is 4.79 Å². The fraction of sp³-hybridized carbons (Fsp3) is 0.600. The van der Waals surface area contributed by atoms with E-state index in [4.69, 9.17) is 9.26 Å². The molecule has 0 aliphatic carbocycles. The molecule has 0 saturated carbocycles. The lowest BCUT2D eigenvalue weighted by atomic mass is 9.77. The first-order chi connectivity index (χ1) is 7.17. The molecule has 2 heterocycles. The molecule has 15 heavy (non-hydrogen) atoms. The maximum Gasteiger partial charge on any atom is 0.317 e. The van der Waals surface area contributed by atoms with E-state index in [9.17, 15) is 9.90 Å². The van der Waals surface area contributed by atoms with Gasteiger partial charge in [-0.1, -0.05) is 5.16 Å². The molecule has 0 aromatic carbocycles. The van der Waals surface area contributed by atoms with Crippen molar-refractivity contribution < 1.29 is 19.2 Å².